The number of methoxy groups -OCH3 is 1. The van der Waals surface area contributed by atoms with E-state index in [1.807, 2.05) is 14.0 Å². The van der Waals surface area contributed by atoms with Crippen molar-refractivity contribution in [2.75, 3.05) is 14.2 Å². The molecule has 5 nitrogen and oxygen atoms in total. The molecule has 0 bridgehead atoms. The zero-order valence-electron chi connectivity index (χ0n) is 15.0. The minimum Gasteiger partial charge on any atom is -0.493 e. The van der Waals surface area contributed by atoms with E-state index in [1.165, 1.54) is 26.0 Å². The number of carbonyl (C=O) groups is 1. The Balaban J connectivity index is 1.96. The van der Waals surface area contributed by atoms with Gasteiger partial charge in [-0.15, -0.1) is 0 Å². The third kappa shape index (κ3) is 5.56. The predicted molar refractivity (Wildman–Crippen MR) is 90.1 cm³/mol. The van der Waals surface area contributed by atoms with Gasteiger partial charge in [-0.1, -0.05) is 12.8 Å². The molecule has 1 aliphatic carbocycles. The molecule has 0 aliphatic heterocycles. The van der Waals surface area contributed by atoms with Crippen molar-refractivity contribution >= 4 is 5.91 Å². The first kappa shape index (κ1) is 19.4. The number of rotatable bonds is 8. The van der Waals surface area contributed by atoms with Crippen molar-refractivity contribution < 1.29 is 27.9 Å². The van der Waals surface area contributed by atoms with Gasteiger partial charge in [0.05, 0.1) is 14.2 Å². The van der Waals surface area contributed by atoms with Crippen LogP contribution in [0.2, 0.25) is 0 Å². The zero-order chi connectivity index (χ0) is 18.4. The van der Waals surface area contributed by atoms with Crippen LogP contribution in [-0.2, 0) is 11.3 Å². The van der Waals surface area contributed by atoms with Crippen LogP contribution in [-0.4, -0.2) is 38.8 Å². The lowest BCUT2D eigenvalue weighted by Gasteiger charge is -2.23. The van der Waals surface area contributed by atoms with Crippen LogP contribution in [0.4, 0.5) is 8.78 Å². The van der Waals surface area contributed by atoms with E-state index in [0.717, 1.165) is 23.3 Å². The summed E-state index contributed by atoms with van der Waals surface area (Å²) in [5, 5.41) is 3.11. The van der Waals surface area contributed by atoms with Gasteiger partial charge in [-0.2, -0.15) is 8.78 Å². The summed E-state index contributed by atoms with van der Waals surface area (Å²) >= 11 is 0. The lowest BCUT2D eigenvalue weighted by molar-refractivity contribution is -0.908. The van der Waals surface area contributed by atoms with E-state index >= 15 is 0 Å². The molecular formula is C18H27F2N2O3+. The van der Waals surface area contributed by atoms with Gasteiger partial charge < -0.3 is 19.7 Å². The molecule has 1 amide bonds. The second-order valence-corrected chi connectivity index (χ2v) is 6.60. The highest BCUT2D eigenvalue weighted by atomic mass is 19.3. The van der Waals surface area contributed by atoms with Crippen LogP contribution in [0.3, 0.4) is 0 Å². The van der Waals surface area contributed by atoms with Crippen LogP contribution < -0.4 is 19.7 Å². The smallest absolute Gasteiger partial charge is 0.387 e. The number of benzene rings is 1. The first-order chi connectivity index (χ1) is 11.9. The monoisotopic (exact) mass is 357 g/mol. The number of hydrogen-bond acceptors (Lipinski definition) is 3. The van der Waals surface area contributed by atoms with E-state index in [9.17, 15) is 13.6 Å². The summed E-state index contributed by atoms with van der Waals surface area (Å²) < 4.78 is 34.3. The predicted octanol–water partition coefficient (Wildman–Crippen LogP) is 1.76. The first-order valence-corrected chi connectivity index (χ1v) is 8.65. The first-order valence-electron chi connectivity index (χ1n) is 8.65. The maximum absolute atomic E-state index is 12.4. The molecular weight excluding hydrogens is 330 g/mol. The van der Waals surface area contributed by atoms with Crippen molar-refractivity contribution in [1.29, 1.82) is 0 Å². The third-order valence-electron chi connectivity index (χ3n) is 4.76. The van der Waals surface area contributed by atoms with Gasteiger partial charge in [0.1, 0.15) is 6.54 Å². The standard InChI is InChI=1S/C18H26F2N2O3/c1-12(17(23)21-14-6-4-5-7-14)22(2)11-13-8-9-15(25-18(19)20)16(10-13)24-3/h8-10,12,14,18H,4-7,11H2,1-3H3,(H,21,23)/p+1/t12-/m0/s1. The van der Waals surface area contributed by atoms with Gasteiger partial charge in [-0.25, -0.2) is 0 Å². The number of halogens is 2. The quantitative estimate of drug-likeness (QED) is 0.745. The van der Waals surface area contributed by atoms with E-state index in [1.54, 1.807) is 12.1 Å². The molecule has 2 atom stereocenters. The zero-order valence-corrected chi connectivity index (χ0v) is 15.0. The molecule has 1 aliphatic rings. The Hall–Kier alpha value is -1.89. The summed E-state index contributed by atoms with van der Waals surface area (Å²) in [6.45, 7) is -0.428. The Morgan fingerprint density at radius 1 is 1.32 bits per heavy atom. The average Bonchev–Trinajstić information content (AvgIpc) is 3.07. The maximum atomic E-state index is 12.4. The van der Waals surface area contributed by atoms with Gasteiger partial charge in [-0.3, -0.25) is 4.79 Å². The fourth-order valence-corrected chi connectivity index (χ4v) is 3.11. The minimum atomic E-state index is -2.90. The van der Waals surface area contributed by atoms with E-state index < -0.39 is 6.61 Å². The number of alkyl halides is 2. The highest BCUT2D eigenvalue weighted by molar-refractivity contribution is 5.80. The van der Waals surface area contributed by atoms with Gasteiger partial charge in [0.25, 0.3) is 5.91 Å². The summed E-state index contributed by atoms with van der Waals surface area (Å²) in [5.41, 5.74) is 0.886. The van der Waals surface area contributed by atoms with Crippen molar-refractivity contribution in [1.82, 2.24) is 5.32 Å². The van der Waals surface area contributed by atoms with Crippen LogP contribution in [0, 0.1) is 0 Å². The van der Waals surface area contributed by atoms with Crippen molar-refractivity contribution in [3.8, 4) is 11.5 Å². The highest BCUT2D eigenvalue weighted by Gasteiger charge is 2.26. The molecule has 2 rings (SSSR count). The van der Waals surface area contributed by atoms with Gasteiger partial charge >= 0.3 is 6.61 Å². The van der Waals surface area contributed by atoms with Gasteiger partial charge in [0.15, 0.2) is 17.5 Å². The second-order valence-electron chi connectivity index (χ2n) is 6.60. The average molecular weight is 357 g/mol. The minimum absolute atomic E-state index is 0.00549. The number of quaternary nitrogens is 1. The van der Waals surface area contributed by atoms with E-state index in [-0.39, 0.29) is 23.4 Å². The fraction of sp³-hybridized carbons (Fsp3) is 0.611. The number of likely N-dealkylation sites (N-methyl/N-ethyl adjacent to an activating group) is 1. The number of nitrogens with one attached hydrogen (secondary N) is 2. The molecule has 0 heterocycles. The van der Waals surface area contributed by atoms with E-state index in [0.29, 0.717) is 12.6 Å². The molecule has 25 heavy (non-hydrogen) atoms. The van der Waals surface area contributed by atoms with Crippen molar-refractivity contribution in [2.24, 2.45) is 0 Å². The molecule has 2 N–H and O–H groups in total. The van der Waals surface area contributed by atoms with Gasteiger partial charge in [0, 0.05) is 11.6 Å². The van der Waals surface area contributed by atoms with Crippen LogP contribution in [0.1, 0.15) is 38.2 Å². The Kier molecular flexibility index (Phi) is 6.99. The molecule has 7 heteroatoms. The normalized spacial score (nSPS) is 17.4. The molecule has 0 aromatic heterocycles. The highest BCUT2D eigenvalue weighted by Crippen LogP contribution is 2.29. The van der Waals surface area contributed by atoms with Gasteiger partial charge in [0.2, 0.25) is 0 Å². The Bertz CT molecular complexity index is 577. The summed E-state index contributed by atoms with van der Waals surface area (Å²) in [4.78, 5) is 13.4. The fourth-order valence-electron chi connectivity index (χ4n) is 3.11. The molecule has 0 spiro atoms. The summed E-state index contributed by atoms with van der Waals surface area (Å²) in [6, 6.07) is 4.95. The molecule has 0 saturated heterocycles. The molecule has 140 valence electrons. The second kappa shape index (κ2) is 8.99. The number of amides is 1. The van der Waals surface area contributed by atoms with Crippen LogP contribution in [0.15, 0.2) is 18.2 Å². The Morgan fingerprint density at radius 3 is 2.60 bits per heavy atom. The molecule has 1 unspecified atom stereocenters. The lowest BCUT2D eigenvalue weighted by Crippen LogP contribution is -3.12. The number of hydrogen-bond donors (Lipinski definition) is 2. The SMILES string of the molecule is COc1cc(C[NH+](C)[C@@H](C)C(=O)NC2CCCC2)ccc1OC(F)F. The number of carbonyl (C=O) groups excluding carboxylic acids is 1. The Labute approximate surface area is 147 Å². The third-order valence-corrected chi connectivity index (χ3v) is 4.76. The van der Waals surface area contributed by atoms with Crippen LogP contribution >= 0.6 is 0 Å². The van der Waals surface area contributed by atoms with Crippen molar-refractivity contribution in [2.45, 2.75) is 57.8 Å². The molecule has 0 radical (unpaired) electrons. The molecule has 1 aromatic carbocycles. The molecule has 1 aromatic rings. The molecule has 1 saturated carbocycles. The lowest BCUT2D eigenvalue weighted by atomic mass is 10.1. The largest absolute Gasteiger partial charge is 0.493 e. The number of ether oxygens (including phenoxy) is 2. The topological polar surface area (TPSA) is 52.0 Å². The summed E-state index contributed by atoms with van der Waals surface area (Å²) in [5.74, 6) is 0.314. The Morgan fingerprint density at radius 2 is 2.00 bits per heavy atom. The summed E-state index contributed by atoms with van der Waals surface area (Å²) in [6.07, 6.45) is 4.46. The van der Waals surface area contributed by atoms with E-state index in [2.05, 4.69) is 10.1 Å². The van der Waals surface area contributed by atoms with E-state index in [4.69, 9.17) is 4.74 Å². The van der Waals surface area contributed by atoms with Gasteiger partial charge in [-0.05, 0) is 38.0 Å². The van der Waals surface area contributed by atoms with Crippen LogP contribution in [0.25, 0.3) is 0 Å². The van der Waals surface area contributed by atoms with Crippen LogP contribution in [0.5, 0.6) is 11.5 Å². The van der Waals surface area contributed by atoms with Crippen molar-refractivity contribution in [3.05, 3.63) is 23.8 Å². The summed E-state index contributed by atoms with van der Waals surface area (Å²) in [7, 11) is 3.35. The molecule has 1 fully saturated rings. The van der Waals surface area contributed by atoms with Crippen molar-refractivity contribution in [3.63, 3.8) is 0 Å². The maximum Gasteiger partial charge on any atom is 0.387 e.